The maximum Gasteiger partial charge on any atom is 0.354 e. The van der Waals surface area contributed by atoms with Crippen LogP contribution in [0.5, 0.6) is 17.2 Å². The van der Waals surface area contributed by atoms with Crippen LogP contribution in [0.25, 0.3) is 5.76 Å². The topological polar surface area (TPSA) is 183 Å². The normalized spacial score (nSPS) is 29.4. The van der Waals surface area contributed by atoms with Crippen LogP contribution in [0.3, 0.4) is 0 Å². The van der Waals surface area contributed by atoms with Gasteiger partial charge in [-0.3, -0.25) is 19.2 Å². The molecule has 3 N–H and O–H groups in total. The molecule has 5 atom stereocenters. The Labute approximate surface area is 255 Å². The van der Waals surface area contributed by atoms with Crippen LogP contribution in [0.4, 0.5) is 0 Å². The van der Waals surface area contributed by atoms with Gasteiger partial charge in [0.15, 0.2) is 17.7 Å². The highest BCUT2D eigenvalue weighted by molar-refractivity contribution is 6.13. The first kappa shape index (κ1) is 28.6. The minimum Gasteiger partial charge on any atom is -0.507 e. The first-order valence-electron chi connectivity index (χ1n) is 14.4. The van der Waals surface area contributed by atoms with E-state index in [1.165, 1.54) is 25.1 Å². The average Bonchev–Trinajstić information content (AvgIpc) is 3.32. The smallest absolute Gasteiger partial charge is 0.354 e. The van der Waals surface area contributed by atoms with Gasteiger partial charge in [-0.15, -0.1) is 0 Å². The molecule has 0 amide bonds. The summed E-state index contributed by atoms with van der Waals surface area (Å²) in [6.45, 7) is 2.87. The van der Waals surface area contributed by atoms with Crippen molar-refractivity contribution in [2.75, 3.05) is 7.11 Å². The number of phenols is 2. The van der Waals surface area contributed by atoms with Gasteiger partial charge in [-0.2, -0.15) is 0 Å². The van der Waals surface area contributed by atoms with Crippen LogP contribution in [0.15, 0.2) is 41.5 Å². The average molecular weight is 617 g/mol. The molecule has 232 valence electrons. The van der Waals surface area contributed by atoms with Crippen LogP contribution in [0.1, 0.15) is 77.7 Å². The molecule has 45 heavy (non-hydrogen) atoms. The van der Waals surface area contributed by atoms with E-state index in [0.29, 0.717) is 11.1 Å². The number of aliphatic hydroxyl groups is 1. The Kier molecular flexibility index (Phi) is 6.00. The maximum absolute atomic E-state index is 14.4. The first-order chi connectivity index (χ1) is 21.3. The molecule has 4 aliphatic carbocycles. The number of hydrogen-bond acceptors (Lipinski definition) is 12. The zero-order valence-electron chi connectivity index (χ0n) is 24.5. The van der Waals surface area contributed by atoms with E-state index in [4.69, 9.17) is 18.9 Å². The summed E-state index contributed by atoms with van der Waals surface area (Å²) in [6.07, 6.45) is -1.18. The molecule has 2 heterocycles. The number of hydrogen-bond donors (Lipinski definition) is 3. The van der Waals surface area contributed by atoms with E-state index in [1.54, 1.807) is 19.1 Å². The van der Waals surface area contributed by atoms with Crippen LogP contribution >= 0.6 is 0 Å². The molecule has 2 aromatic rings. The van der Waals surface area contributed by atoms with E-state index in [0.717, 1.165) is 7.11 Å². The van der Waals surface area contributed by atoms with Crippen molar-refractivity contribution in [2.45, 2.75) is 63.3 Å². The highest BCUT2D eigenvalue weighted by atomic mass is 16.6. The Morgan fingerprint density at radius 3 is 2.49 bits per heavy atom. The molecular weight excluding hydrogens is 588 g/mol. The second-order valence-corrected chi connectivity index (χ2v) is 12.1. The molecular formula is C33H28O12. The predicted molar refractivity (Wildman–Crippen MR) is 151 cm³/mol. The van der Waals surface area contributed by atoms with Crippen LogP contribution < -0.4 is 4.74 Å². The van der Waals surface area contributed by atoms with Gasteiger partial charge in [0.25, 0.3) is 0 Å². The van der Waals surface area contributed by atoms with Gasteiger partial charge >= 0.3 is 17.9 Å². The fourth-order valence-corrected chi connectivity index (χ4v) is 7.90. The number of aromatic hydroxyl groups is 2. The van der Waals surface area contributed by atoms with Gasteiger partial charge in [0.05, 0.1) is 36.0 Å². The summed E-state index contributed by atoms with van der Waals surface area (Å²) in [4.78, 5) is 65.8. The number of ether oxygens (including phenoxy) is 4. The van der Waals surface area contributed by atoms with Gasteiger partial charge in [0.2, 0.25) is 5.60 Å². The molecule has 12 heteroatoms. The van der Waals surface area contributed by atoms with Crippen molar-refractivity contribution in [3.05, 3.63) is 69.3 Å². The van der Waals surface area contributed by atoms with Gasteiger partial charge in [-0.1, -0.05) is 23.8 Å². The molecule has 0 aromatic heterocycles. The summed E-state index contributed by atoms with van der Waals surface area (Å²) >= 11 is 0. The van der Waals surface area contributed by atoms with Crippen LogP contribution in [-0.2, 0) is 39.8 Å². The third kappa shape index (κ3) is 3.68. The number of ketones is 2. The fourth-order valence-electron chi connectivity index (χ4n) is 7.90. The minimum atomic E-state index is -2.01. The largest absolute Gasteiger partial charge is 0.507 e. The van der Waals surface area contributed by atoms with Crippen molar-refractivity contribution in [1.29, 1.82) is 0 Å². The van der Waals surface area contributed by atoms with Gasteiger partial charge in [-0.05, 0) is 37.5 Å². The van der Waals surface area contributed by atoms with Crippen LogP contribution in [0.2, 0.25) is 0 Å². The first-order valence-corrected chi connectivity index (χ1v) is 14.4. The van der Waals surface area contributed by atoms with Crippen LogP contribution in [0, 0.1) is 5.41 Å². The van der Waals surface area contributed by atoms with Gasteiger partial charge < -0.3 is 34.3 Å². The molecule has 2 aliphatic heterocycles. The Morgan fingerprint density at radius 1 is 1.07 bits per heavy atom. The molecule has 2 aromatic carbocycles. The summed E-state index contributed by atoms with van der Waals surface area (Å²) in [7, 11) is 1.11. The van der Waals surface area contributed by atoms with Gasteiger partial charge in [0.1, 0.15) is 34.7 Å². The van der Waals surface area contributed by atoms with Crippen LogP contribution in [-0.4, -0.2) is 63.6 Å². The van der Waals surface area contributed by atoms with Crippen molar-refractivity contribution < 1.29 is 58.2 Å². The van der Waals surface area contributed by atoms with Crippen molar-refractivity contribution >= 4 is 35.2 Å². The monoisotopic (exact) mass is 616 g/mol. The quantitative estimate of drug-likeness (QED) is 0.260. The molecule has 0 saturated carbocycles. The third-order valence-corrected chi connectivity index (χ3v) is 9.59. The Bertz CT molecular complexity index is 1850. The van der Waals surface area contributed by atoms with E-state index < -0.39 is 76.5 Å². The predicted octanol–water partition coefficient (Wildman–Crippen LogP) is 3.42. The third-order valence-electron chi connectivity index (χ3n) is 9.59. The van der Waals surface area contributed by atoms with Gasteiger partial charge in [0, 0.05) is 24.5 Å². The lowest BCUT2D eigenvalue weighted by atomic mass is 9.60. The molecule has 8 rings (SSSR count). The molecule has 12 nitrogen and oxygen atoms in total. The number of carbonyl (C=O) groups is 5. The van der Waals surface area contributed by atoms with Crippen molar-refractivity contribution in [3.8, 4) is 17.2 Å². The summed E-state index contributed by atoms with van der Waals surface area (Å²) in [5.41, 5.74) is -2.70. The molecule has 1 spiro atoms. The number of esters is 3. The molecule has 1 unspecified atom stereocenters. The lowest BCUT2D eigenvalue weighted by Gasteiger charge is -2.45. The number of fused-ring (bicyclic) bond motifs is 2. The highest BCUT2D eigenvalue weighted by Gasteiger charge is 2.61. The van der Waals surface area contributed by atoms with Gasteiger partial charge in [-0.25, -0.2) is 4.79 Å². The Balaban J connectivity index is 1.47. The molecule has 6 aliphatic rings. The van der Waals surface area contributed by atoms with Crippen molar-refractivity contribution in [2.24, 2.45) is 5.41 Å². The number of benzene rings is 2. The number of rotatable bonds is 3. The minimum absolute atomic E-state index is 0.00762. The zero-order chi connectivity index (χ0) is 32.2. The fraction of sp³-hybridized carbons (Fsp3) is 0.364. The van der Waals surface area contributed by atoms with Crippen molar-refractivity contribution in [3.63, 3.8) is 0 Å². The summed E-state index contributed by atoms with van der Waals surface area (Å²) < 4.78 is 22.4. The van der Waals surface area contributed by atoms with E-state index in [-0.39, 0.29) is 58.6 Å². The molecule has 2 bridgehead atoms. The maximum atomic E-state index is 14.4. The number of carbonyl (C=O) groups excluding carboxylic acids is 5. The Morgan fingerprint density at radius 2 is 1.82 bits per heavy atom. The highest BCUT2D eigenvalue weighted by Crippen LogP contribution is 2.63. The number of phenolic OH excluding ortho intramolecular Hbond substituents is 2. The lowest BCUT2D eigenvalue weighted by molar-refractivity contribution is -0.175. The second-order valence-electron chi connectivity index (χ2n) is 12.1. The van der Waals surface area contributed by atoms with E-state index in [1.807, 2.05) is 0 Å². The van der Waals surface area contributed by atoms with E-state index in [9.17, 15) is 39.3 Å². The molecule has 1 saturated heterocycles. The molecule has 1 fully saturated rings. The second kappa shape index (κ2) is 9.43. The number of Topliss-reactive ketones (excluding diaryl/α,β-unsaturated/α-hetero) is 2. The summed E-state index contributed by atoms with van der Waals surface area (Å²) in [5, 5.41) is 34.1. The van der Waals surface area contributed by atoms with Crippen molar-refractivity contribution in [1.82, 2.24) is 0 Å². The van der Waals surface area contributed by atoms with E-state index >= 15 is 0 Å². The summed E-state index contributed by atoms with van der Waals surface area (Å²) in [5.74, 6) is -6.11. The Hall–Kier alpha value is -5.13. The number of methoxy groups -OCH3 is 1. The lowest BCUT2D eigenvalue weighted by Crippen LogP contribution is -2.58. The standard InChI is InChI=1S/C33H28O12/c1-13-10-32-11-15-9-19-25(18(36)12-33(45-19,31(41)42-3)20-7-8-21(37)44-20)27(38)23(15)22(13)28(39)26(32)29(40)24-16(5-4-6-17(24)35)30(32)43-14(2)34/h4-6,9-10,20,22,30,35,38,40H,7-8,11-12H2,1-3H3/t20?,22-,30-,32-,33-/m0/s1. The number of cyclic esters (lactones) is 1. The number of aliphatic hydroxyl groups excluding tert-OH is 1. The zero-order valence-corrected chi connectivity index (χ0v) is 24.5. The molecule has 0 radical (unpaired) electrons. The summed E-state index contributed by atoms with van der Waals surface area (Å²) in [6, 6.07) is 5.90. The number of allylic oxidation sites excluding steroid dienone is 1. The SMILES string of the molecule is COC(=O)[C@@]1(C2CCC(=O)O2)CC(=O)c2c(cc3c(c2O)[C@H]2C(=O)C4=C(O)c5c(O)cccc5[C@H](OC(C)=O)[C@@]4(C=C2C)C3)O1. The van der Waals surface area contributed by atoms with E-state index in [2.05, 4.69) is 0 Å².